The third-order valence-corrected chi connectivity index (χ3v) is 17.0. The van der Waals surface area contributed by atoms with Gasteiger partial charge in [0, 0.05) is 25.9 Å². The first kappa shape index (κ1) is 76.6. The maximum atomic E-state index is 13.1. The Morgan fingerprint density at radius 3 is 0.852 bits per heavy atom. The van der Waals surface area contributed by atoms with Crippen molar-refractivity contribution in [1.29, 1.82) is 0 Å². The first-order chi connectivity index (χ1) is 39.7. The van der Waals surface area contributed by atoms with Crippen LogP contribution in [0.25, 0.3) is 0 Å². The molecule has 0 aliphatic heterocycles. The first-order valence-corrected chi connectivity index (χ1v) is 35.9. The Kier molecular flexibility index (Phi) is 54.8. The molecule has 0 bridgehead atoms. The lowest BCUT2D eigenvalue weighted by atomic mass is 10.0. The largest absolute Gasteiger partial charge is 0.462 e. The Bertz CT molecular complexity index is 1570. The zero-order valence-corrected chi connectivity index (χ0v) is 54.8. The number of esters is 2. The van der Waals surface area contributed by atoms with Gasteiger partial charge < -0.3 is 29.9 Å². The van der Waals surface area contributed by atoms with Gasteiger partial charge in [-0.1, -0.05) is 247 Å². The third kappa shape index (κ3) is 45.6. The van der Waals surface area contributed by atoms with E-state index in [1.807, 2.05) is 0 Å². The normalized spacial score (nSPS) is 12.2. The number of carbonyl (C=O) groups is 2. The Morgan fingerprint density at radius 1 is 0.309 bits per heavy atom. The van der Waals surface area contributed by atoms with Crippen LogP contribution in [0.2, 0.25) is 0 Å². The lowest BCUT2D eigenvalue weighted by Crippen LogP contribution is -2.38. The van der Waals surface area contributed by atoms with Crippen molar-refractivity contribution in [3.63, 3.8) is 0 Å². The van der Waals surface area contributed by atoms with E-state index < -0.39 is 5.43 Å². The number of hydrogen-bond acceptors (Lipinski definition) is 10. The minimum absolute atomic E-state index is 0.00207. The predicted molar refractivity (Wildman–Crippen MR) is 351 cm³/mol. The molecule has 0 amide bonds. The molecule has 0 spiro atoms. The number of nitrogens with one attached hydrogen (secondary N) is 2. The van der Waals surface area contributed by atoms with E-state index >= 15 is 0 Å². The molecule has 1 unspecified atom stereocenters. The lowest BCUT2D eigenvalue weighted by Gasteiger charge is -2.23. The predicted octanol–water partition coefficient (Wildman–Crippen LogP) is 19.8. The van der Waals surface area contributed by atoms with Crippen LogP contribution in [0.4, 0.5) is 11.4 Å². The van der Waals surface area contributed by atoms with Crippen LogP contribution in [0.3, 0.4) is 0 Å². The van der Waals surface area contributed by atoms with Crippen LogP contribution in [0.5, 0.6) is 0 Å². The van der Waals surface area contributed by atoms with Crippen LogP contribution >= 0.6 is 0 Å². The van der Waals surface area contributed by atoms with E-state index in [4.69, 9.17) is 9.47 Å². The van der Waals surface area contributed by atoms with Gasteiger partial charge in [-0.3, -0.25) is 19.2 Å². The van der Waals surface area contributed by atoms with Gasteiger partial charge in [0.15, 0.2) is 0 Å². The van der Waals surface area contributed by atoms with E-state index in [1.54, 1.807) is 0 Å². The van der Waals surface area contributed by atoms with Crippen molar-refractivity contribution in [2.75, 3.05) is 63.0 Å². The van der Waals surface area contributed by atoms with Gasteiger partial charge in [0.2, 0.25) is 0 Å². The van der Waals surface area contributed by atoms with Crippen molar-refractivity contribution < 1.29 is 19.1 Å². The van der Waals surface area contributed by atoms with E-state index in [9.17, 15) is 19.2 Å². The Hall–Kier alpha value is -2.46. The zero-order valence-electron chi connectivity index (χ0n) is 54.8. The van der Waals surface area contributed by atoms with Crippen molar-refractivity contribution in [2.24, 2.45) is 0 Å². The second-order valence-electron chi connectivity index (χ2n) is 24.9. The van der Waals surface area contributed by atoms with Crippen molar-refractivity contribution in [2.45, 2.75) is 368 Å². The monoisotopic (exact) mass is 1140 g/mol. The molecule has 0 aliphatic rings. The highest BCUT2D eigenvalue weighted by atomic mass is 16.5. The van der Waals surface area contributed by atoms with Gasteiger partial charge in [-0.05, 0) is 136 Å². The van der Waals surface area contributed by atoms with Gasteiger partial charge in [-0.2, -0.15) is 0 Å². The summed E-state index contributed by atoms with van der Waals surface area (Å²) in [5, 5.41) is 6.74. The Morgan fingerprint density at radius 2 is 0.556 bits per heavy atom. The molecular weight excluding hydrogens is 1000 g/mol. The number of rotatable bonds is 65. The standard InChI is InChI=1S/C71H136N4O6/c1-7-13-18-23-30-39-51-64(50-12-6)80-66(76)54-42-33-28-37-46-60-75(61-47-38-29-34-43-55-67(77)81-65(52-40-31-24-19-14-8-2)53-41-32-25-20-15-9-3)63-49-57-73-69-68(70(78)71(69)79)72-56-48-62-74(58-44-35-26-21-16-10-4)59-45-36-27-22-17-11-5/h64-65,72-73H,7-63H2,1-6H3. The minimum Gasteiger partial charge on any atom is -0.462 e. The SMILES string of the molecule is CCCCCCCCC(CCC)OC(=O)CCCCCCCN(CCCCCCCC(=O)OC(CCCCCCCC)CCCCCCCC)CCCNc1c(NCCCN(CCCCCCCC)CCCCCCCC)c(=O)c1=O. The van der Waals surface area contributed by atoms with Crippen LogP contribution in [0.1, 0.15) is 356 Å². The average Bonchev–Trinajstić information content (AvgIpc) is 3.54. The molecule has 0 radical (unpaired) electrons. The highest BCUT2D eigenvalue weighted by molar-refractivity contribution is 5.74. The molecule has 10 nitrogen and oxygen atoms in total. The van der Waals surface area contributed by atoms with E-state index in [0.717, 1.165) is 168 Å². The molecule has 476 valence electrons. The summed E-state index contributed by atoms with van der Waals surface area (Å²) in [4.78, 5) is 56.7. The number of ether oxygens (including phenoxy) is 2. The van der Waals surface area contributed by atoms with Crippen molar-refractivity contribution in [1.82, 2.24) is 9.80 Å². The van der Waals surface area contributed by atoms with Crippen molar-refractivity contribution >= 4 is 23.3 Å². The lowest BCUT2D eigenvalue weighted by molar-refractivity contribution is -0.151. The first-order valence-electron chi connectivity index (χ1n) is 35.9. The summed E-state index contributed by atoms with van der Waals surface area (Å²) in [6, 6.07) is 0. The molecule has 0 heterocycles. The van der Waals surface area contributed by atoms with Crippen LogP contribution in [-0.2, 0) is 19.1 Å². The maximum absolute atomic E-state index is 13.1. The van der Waals surface area contributed by atoms with E-state index in [-0.39, 0.29) is 29.6 Å². The van der Waals surface area contributed by atoms with Gasteiger partial charge in [0.25, 0.3) is 10.9 Å². The Labute approximate surface area is 501 Å². The molecule has 10 heteroatoms. The molecule has 0 saturated carbocycles. The summed E-state index contributed by atoms with van der Waals surface area (Å²) in [7, 11) is 0. The fourth-order valence-electron chi connectivity index (χ4n) is 11.7. The Balaban J connectivity index is 2.70. The van der Waals surface area contributed by atoms with Crippen LogP contribution in [0, 0.1) is 0 Å². The number of unbranched alkanes of at least 4 members (excludes halogenated alkanes) is 33. The minimum atomic E-state index is -0.390. The highest BCUT2D eigenvalue weighted by Gasteiger charge is 2.21. The number of anilines is 2. The summed E-state index contributed by atoms with van der Waals surface area (Å²) < 4.78 is 12.1. The quantitative estimate of drug-likeness (QED) is 0.0371. The van der Waals surface area contributed by atoms with Crippen LogP contribution in [-0.4, -0.2) is 86.3 Å². The molecule has 0 aliphatic carbocycles. The molecule has 0 aromatic heterocycles. The van der Waals surface area contributed by atoms with Gasteiger partial charge in [-0.25, -0.2) is 0 Å². The maximum Gasteiger partial charge on any atom is 0.306 e. The summed E-state index contributed by atoms with van der Waals surface area (Å²) >= 11 is 0. The van der Waals surface area contributed by atoms with Gasteiger partial charge in [-0.15, -0.1) is 0 Å². The topological polar surface area (TPSA) is 117 Å². The van der Waals surface area contributed by atoms with E-state index in [1.165, 1.54) is 173 Å². The highest BCUT2D eigenvalue weighted by Crippen LogP contribution is 2.21. The van der Waals surface area contributed by atoms with Gasteiger partial charge in [0.1, 0.15) is 23.6 Å². The smallest absolute Gasteiger partial charge is 0.306 e. The average molecular weight is 1140 g/mol. The molecule has 1 atom stereocenters. The molecule has 81 heavy (non-hydrogen) atoms. The van der Waals surface area contributed by atoms with Crippen molar-refractivity contribution in [3.05, 3.63) is 20.4 Å². The second kappa shape index (κ2) is 57.9. The van der Waals surface area contributed by atoms with Gasteiger partial charge in [0.05, 0.1) is 0 Å². The fraction of sp³-hybridized carbons (Fsp3) is 0.915. The summed E-state index contributed by atoms with van der Waals surface area (Å²) in [6.45, 7) is 21.2. The van der Waals surface area contributed by atoms with Crippen molar-refractivity contribution in [3.8, 4) is 0 Å². The number of nitrogens with zero attached hydrogens (tertiary/aromatic N) is 2. The third-order valence-electron chi connectivity index (χ3n) is 17.0. The molecule has 0 saturated heterocycles. The van der Waals surface area contributed by atoms with Gasteiger partial charge >= 0.3 is 11.9 Å². The summed E-state index contributed by atoms with van der Waals surface area (Å²) in [5.74, 6) is -0.0150. The number of hydrogen-bond donors (Lipinski definition) is 2. The zero-order chi connectivity index (χ0) is 58.9. The molecular formula is C71H136N4O6. The second-order valence-corrected chi connectivity index (χ2v) is 24.9. The van der Waals surface area contributed by atoms with E-state index in [0.29, 0.717) is 37.3 Å². The number of carbonyl (C=O) groups excluding carboxylic acids is 2. The van der Waals surface area contributed by atoms with Crippen LogP contribution in [0.15, 0.2) is 9.59 Å². The summed E-state index contributed by atoms with van der Waals surface area (Å²) in [5.41, 5.74) is 0.176. The fourth-order valence-corrected chi connectivity index (χ4v) is 11.7. The molecule has 2 N–H and O–H groups in total. The molecule has 1 rings (SSSR count). The van der Waals surface area contributed by atoms with E-state index in [2.05, 4.69) is 62.0 Å². The molecule has 0 fully saturated rings. The summed E-state index contributed by atoms with van der Waals surface area (Å²) in [6.07, 6.45) is 57.3. The molecule has 1 aromatic carbocycles. The van der Waals surface area contributed by atoms with Crippen LogP contribution < -0.4 is 21.5 Å². The molecule has 1 aromatic rings.